The van der Waals surface area contributed by atoms with Crippen LogP contribution in [0.5, 0.6) is 5.75 Å². The van der Waals surface area contributed by atoms with Gasteiger partial charge in [-0.15, -0.1) is 0 Å². The summed E-state index contributed by atoms with van der Waals surface area (Å²) >= 11 is 0. The summed E-state index contributed by atoms with van der Waals surface area (Å²) in [4.78, 5) is 24.8. The van der Waals surface area contributed by atoms with Gasteiger partial charge in [0.05, 0.1) is 18.4 Å². The van der Waals surface area contributed by atoms with E-state index in [1.54, 1.807) is 62.7 Å². The lowest BCUT2D eigenvalue weighted by molar-refractivity contribution is -0.119. The summed E-state index contributed by atoms with van der Waals surface area (Å²) in [6.45, 7) is 2.38. The third-order valence-corrected chi connectivity index (χ3v) is 3.72. The van der Waals surface area contributed by atoms with Crippen molar-refractivity contribution < 1.29 is 14.3 Å². The number of para-hydroxylation sites is 1. The summed E-state index contributed by atoms with van der Waals surface area (Å²) in [7, 11) is 3.36. The van der Waals surface area contributed by atoms with Crippen molar-refractivity contribution in [2.24, 2.45) is 5.92 Å². The molecule has 0 radical (unpaired) electrons. The van der Waals surface area contributed by atoms with Gasteiger partial charge in [0, 0.05) is 24.2 Å². The number of carbonyl (C=O) groups is 2. The maximum Gasteiger partial charge on any atom is 0.257 e. The van der Waals surface area contributed by atoms with E-state index in [2.05, 4.69) is 16.0 Å². The average Bonchev–Trinajstić information content (AvgIpc) is 2.62. The van der Waals surface area contributed by atoms with E-state index in [0.29, 0.717) is 29.2 Å². The van der Waals surface area contributed by atoms with Crippen molar-refractivity contribution in [1.82, 2.24) is 5.32 Å². The fourth-order valence-corrected chi connectivity index (χ4v) is 2.34. The first-order valence-electron chi connectivity index (χ1n) is 8.05. The molecule has 6 nitrogen and oxygen atoms in total. The lowest BCUT2D eigenvalue weighted by atomic mass is 10.1. The van der Waals surface area contributed by atoms with Crippen LogP contribution in [-0.2, 0) is 4.79 Å². The van der Waals surface area contributed by atoms with E-state index in [4.69, 9.17) is 4.74 Å². The number of rotatable bonds is 7. The first-order chi connectivity index (χ1) is 12.0. The number of amides is 2. The zero-order valence-corrected chi connectivity index (χ0v) is 14.6. The first kappa shape index (κ1) is 18.5. The number of hydrogen-bond acceptors (Lipinski definition) is 4. The molecule has 25 heavy (non-hydrogen) atoms. The number of carbonyl (C=O) groups excluding carboxylic acids is 2. The van der Waals surface area contributed by atoms with E-state index in [0.717, 1.165) is 0 Å². The molecule has 0 heterocycles. The Bertz CT molecular complexity index is 746. The van der Waals surface area contributed by atoms with Gasteiger partial charge >= 0.3 is 0 Å². The summed E-state index contributed by atoms with van der Waals surface area (Å²) in [5.74, 6) is 0.00110. The fourth-order valence-electron chi connectivity index (χ4n) is 2.34. The summed E-state index contributed by atoms with van der Waals surface area (Å²) in [5, 5.41) is 8.60. The smallest absolute Gasteiger partial charge is 0.257 e. The number of hydrogen-bond donors (Lipinski definition) is 3. The Balaban J connectivity index is 2.15. The molecule has 2 rings (SSSR count). The SMILES string of the molecule is CNCC(C)C(=O)Nc1ccccc1C(=O)Nc1cccc(OC)c1. The molecule has 3 N–H and O–H groups in total. The molecular formula is C19H23N3O3. The highest BCUT2D eigenvalue weighted by atomic mass is 16.5. The molecule has 0 aromatic heterocycles. The highest BCUT2D eigenvalue weighted by Gasteiger charge is 2.16. The quantitative estimate of drug-likeness (QED) is 0.723. The molecule has 2 amide bonds. The average molecular weight is 341 g/mol. The van der Waals surface area contributed by atoms with E-state index < -0.39 is 0 Å². The van der Waals surface area contributed by atoms with Gasteiger partial charge in [-0.1, -0.05) is 25.1 Å². The van der Waals surface area contributed by atoms with E-state index in [-0.39, 0.29) is 17.7 Å². The minimum Gasteiger partial charge on any atom is -0.497 e. The van der Waals surface area contributed by atoms with Crippen molar-refractivity contribution in [3.05, 3.63) is 54.1 Å². The van der Waals surface area contributed by atoms with Gasteiger partial charge in [-0.05, 0) is 31.3 Å². The summed E-state index contributed by atoms with van der Waals surface area (Å²) in [6, 6.07) is 14.0. The summed E-state index contributed by atoms with van der Waals surface area (Å²) in [6.07, 6.45) is 0. The Morgan fingerprint density at radius 3 is 2.56 bits per heavy atom. The fraction of sp³-hybridized carbons (Fsp3) is 0.263. The predicted octanol–water partition coefficient (Wildman–Crippen LogP) is 2.74. The molecule has 0 aliphatic carbocycles. The number of methoxy groups -OCH3 is 1. The maximum absolute atomic E-state index is 12.6. The highest BCUT2D eigenvalue weighted by molar-refractivity contribution is 6.10. The van der Waals surface area contributed by atoms with E-state index in [1.165, 1.54) is 0 Å². The second-order valence-corrected chi connectivity index (χ2v) is 5.68. The van der Waals surface area contributed by atoms with E-state index in [1.807, 2.05) is 6.92 Å². The van der Waals surface area contributed by atoms with Crippen LogP contribution in [0, 0.1) is 5.92 Å². The molecule has 1 unspecified atom stereocenters. The van der Waals surface area contributed by atoms with Crippen LogP contribution in [0.4, 0.5) is 11.4 Å². The Labute approximate surface area is 147 Å². The zero-order chi connectivity index (χ0) is 18.2. The van der Waals surface area contributed by atoms with E-state index in [9.17, 15) is 9.59 Å². The van der Waals surface area contributed by atoms with Crippen molar-refractivity contribution in [2.75, 3.05) is 31.3 Å². The second-order valence-electron chi connectivity index (χ2n) is 5.68. The van der Waals surface area contributed by atoms with E-state index >= 15 is 0 Å². The number of benzene rings is 2. The molecule has 2 aromatic carbocycles. The van der Waals surface area contributed by atoms with Gasteiger partial charge in [-0.3, -0.25) is 9.59 Å². The first-order valence-corrected chi connectivity index (χ1v) is 8.05. The maximum atomic E-state index is 12.6. The van der Waals surface area contributed by atoms with Gasteiger partial charge in [0.1, 0.15) is 5.75 Å². The molecule has 0 spiro atoms. The van der Waals surface area contributed by atoms with Gasteiger partial charge in [0.2, 0.25) is 5.91 Å². The van der Waals surface area contributed by atoms with Crippen molar-refractivity contribution in [2.45, 2.75) is 6.92 Å². The molecule has 6 heteroatoms. The summed E-state index contributed by atoms with van der Waals surface area (Å²) in [5.41, 5.74) is 1.50. The third kappa shape index (κ3) is 5.06. The Hall–Kier alpha value is -2.86. The normalized spacial score (nSPS) is 11.5. The van der Waals surface area contributed by atoms with Gasteiger partial charge in [-0.25, -0.2) is 0 Å². The molecule has 0 saturated heterocycles. The minimum absolute atomic E-state index is 0.143. The molecule has 1 atom stereocenters. The van der Waals surface area contributed by atoms with Crippen LogP contribution >= 0.6 is 0 Å². The van der Waals surface area contributed by atoms with Crippen molar-refractivity contribution in [3.63, 3.8) is 0 Å². The standard InChI is InChI=1S/C19H23N3O3/c1-13(12-20-2)18(23)22-17-10-5-4-9-16(17)19(24)21-14-7-6-8-15(11-14)25-3/h4-11,13,20H,12H2,1-3H3,(H,21,24)(H,22,23). The van der Waals surface area contributed by atoms with Gasteiger partial charge < -0.3 is 20.7 Å². The highest BCUT2D eigenvalue weighted by Crippen LogP contribution is 2.20. The minimum atomic E-state index is -0.301. The van der Waals surface area contributed by atoms with Gasteiger partial charge in [0.25, 0.3) is 5.91 Å². The van der Waals surface area contributed by atoms with Crippen molar-refractivity contribution in [3.8, 4) is 5.75 Å². The lowest BCUT2D eigenvalue weighted by Gasteiger charge is -2.15. The Morgan fingerprint density at radius 1 is 1.08 bits per heavy atom. The number of nitrogens with one attached hydrogen (secondary N) is 3. The molecule has 0 aliphatic heterocycles. The number of ether oxygens (including phenoxy) is 1. The molecule has 0 fully saturated rings. The molecule has 2 aromatic rings. The largest absolute Gasteiger partial charge is 0.497 e. The predicted molar refractivity (Wildman–Crippen MR) is 99.1 cm³/mol. The van der Waals surface area contributed by atoms with Gasteiger partial charge in [-0.2, -0.15) is 0 Å². The van der Waals surface area contributed by atoms with Crippen LogP contribution < -0.4 is 20.7 Å². The Morgan fingerprint density at radius 2 is 1.84 bits per heavy atom. The van der Waals surface area contributed by atoms with Gasteiger partial charge in [0.15, 0.2) is 0 Å². The van der Waals surface area contributed by atoms with Crippen LogP contribution in [0.25, 0.3) is 0 Å². The topological polar surface area (TPSA) is 79.5 Å². The van der Waals surface area contributed by atoms with Crippen molar-refractivity contribution in [1.29, 1.82) is 0 Å². The second kappa shape index (κ2) is 8.84. The van der Waals surface area contributed by atoms with Crippen LogP contribution in [0.15, 0.2) is 48.5 Å². The molecule has 0 bridgehead atoms. The molecule has 0 aliphatic rings. The van der Waals surface area contributed by atoms with Crippen LogP contribution in [0.3, 0.4) is 0 Å². The van der Waals surface area contributed by atoms with Crippen LogP contribution in [0.1, 0.15) is 17.3 Å². The van der Waals surface area contributed by atoms with Crippen LogP contribution in [0.2, 0.25) is 0 Å². The monoisotopic (exact) mass is 341 g/mol. The third-order valence-electron chi connectivity index (χ3n) is 3.72. The van der Waals surface area contributed by atoms with Crippen LogP contribution in [-0.4, -0.2) is 32.5 Å². The zero-order valence-electron chi connectivity index (χ0n) is 14.6. The molecule has 0 saturated carbocycles. The Kier molecular flexibility index (Phi) is 6.54. The lowest BCUT2D eigenvalue weighted by Crippen LogP contribution is -2.29. The molecular weight excluding hydrogens is 318 g/mol. The molecule has 132 valence electrons. The van der Waals surface area contributed by atoms with Crippen molar-refractivity contribution >= 4 is 23.2 Å². The number of anilines is 2. The summed E-state index contributed by atoms with van der Waals surface area (Å²) < 4.78 is 5.15.